The molecule has 1 aromatic rings. The number of aliphatic hydroxyl groups excluding tert-OH is 1. The summed E-state index contributed by atoms with van der Waals surface area (Å²) in [7, 11) is 1.71. The van der Waals surface area contributed by atoms with Gasteiger partial charge in [0.15, 0.2) is 0 Å². The van der Waals surface area contributed by atoms with E-state index in [9.17, 15) is 19.5 Å². The molecule has 182 valence electrons. The van der Waals surface area contributed by atoms with Crippen LogP contribution in [0.5, 0.6) is 5.75 Å². The van der Waals surface area contributed by atoms with Gasteiger partial charge in [-0.25, -0.2) is 4.79 Å². The second-order valence-electron chi connectivity index (χ2n) is 9.58. The third-order valence-corrected chi connectivity index (χ3v) is 6.09. The summed E-state index contributed by atoms with van der Waals surface area (Å²) < 4.78 is 6.28. The molecule has 1 fully saturated rings. The van der Waals surface area contributed by atoms with Gasteiger partial charge in [0.25, 0.3) is 5.91 Å². The summed E-state index contributed by atoms with van der Waals surface area (Å²) >= 11 is 0. The highest BCUT2D eigenvalue weighted by Gasteiger charge is 2.35. The third kappa shape index (κ3) is 6.16. The number of fused-ring (bicyclic) bond motifs is 1. The van der Waals surface area contributed by atoms with Crippen molar-refractivity contribution in [2.24, 2.45) is 11.8 Å². The van der Waals surface area contributed by atoms with Crippen molar-refractivity contribution in [3.05, 3.63) is 23.8 Å². The Balaban J connectivity index is 1.89. The topological polar surface area (TPSA) is 111 Å². The van der Waals surface area contributed by atoms with Crippen LogP contribution in [-0.2, 0) is 4.79 Å². The van der Waals surface area contributed by atoms with Crippen LogP contribution in [0.2, 0.25) is 0 Å². The molecule has 2 aliphatic rings. The van der Waals surface area contributed by atoms with Gasteiger partial charge in [-0.3, -0.25) is 9.59 Å². The van der Waals surface area contributed by atoms with E-state index in [4.69, 9.17) is 4.74 Å². The van der Waals surface area contributed by atoms with Crippen LogP contribution in [0.25, 0.3) is 0 Å². The zero-order chi connectivity index (χ0) is 24.3. The fourth-order valence-corrected chi connectivity index (χ4v) is 3.82. The lowest BCUT2D eigenvalue weighted by atomic mass is 9.99. The minimum Gasteiger partial charge on any atom is -0.487 e. The predicted octanol–water partition coefficient (Wildman–Crippen LogP) is 2.30. The molecule has 3 rings (SSSR count). The Morgan fingerprint density at radius 1 is 1.27 bits per heavy atom. The Kier molecular flexibility index (Phi) is 7.84. The molecular weight excluding hydrogens is 424 g/mol. The average molecular weight is 461 g/mol. The molecular formula is C24H36N4O5. The number of hydrogen-bond donors (Lipinski definition) is 3. The van der Waals surface area contributed by atoms with Crippen molar-refractivity contribution >= 4 is 23.5 Å². The molecule has 3 atom stereocenters. The highest BCUT2D eigenvalue weighted by Crippen LogP contribution is 2.33. The van der Waals surface area contributed by atoms with Crippen LogP contribution >= 0.6 is 0 Å². The lowest BCUT2D eigenvalue weighted by Crippen LogP contribution is -2.51. The number of likely N-dealkylation sites (N-methyl/N-ethyl adjacent to an activating group) is 1. The molecule has 33 heavy (non-hydrogen) atoms. The molecule has 4 amide bonds. The Bertz CT molecular complexity index is 886. The smallest absolute Gasteiger partial charge is 0.317 e. The lowest BCUT2D eigenvalue weighted by Gasteiger charge is -2.38. The van der Waals surface area contributed by atoms with Gasteiger partial charge in [0.05, 0.1) is 24.8 Å². The zero-order valence-corrected chi connectivity index (χ0v) is 20.1. The molecule has 0 aromatic heterocycles. The maximum atomic E-state index is 13.4. The molecule has 9 heteroatoms. The standard InChI is InChI=1S/C24H36N4O5/c1-14(2)25-24(32)27(5)12-21-15(3)11-28(16(4)13-29)23(31)19-10-18(8-9-20(19)33-21)26-22(30)17-6-7-17/h8-10,14-17,21,29H,6-7,11-13H2,1-5H3,(H,25,32)(H,26,30)/t15-,16-,21+/m0/s1. The summed E-state index contributed by atoms with van der Waals surface area (Å²) in [4.78, 5) is 41.3. The van der Waals surface area contributed by atoms with Crippen LogP contribution in [0.4, 0.5) is 10.5 Å². The number of rotatable bonds is 7. The molecule has 1 aromatic carbocycles. The first kappa shape index (κ1) is 24.8. The number of carbonyl (C=O) groups excluding carboxylic acids is 3. The summed E-state index contributed by atoms with van der Waals surface area (Å²) in [6, 6.07) is 4.48. The van der Waals surface area contributed by atoms with E-state index in [0.29, 0.717) is 30.1 Å². The van der Waals surface area contributed by atoms with E-state index < -0.39 is 6.04 Å². The second-order valence-corrected chi connectivity index (χ2v) is 9.58. The van der Waals surface area contributed by atoms with Crippen LogP contribution < -0.4 is 15.4 Å². The van der Waals surface area contributed by atoms with Crippen molar-refractivity contribution in [1.82, 2.24) is 15.1 Å². The van der Waals surface area contributed by atoms with Crippen molar-refractivity contribution in [3.63, 3.8) is 0 Å². The lowest BCUT2D eigenvalue weighted by molar-refractivity contribution is -0.117. The van der Waals surface area contributed by atoms with E-state index in [1.54, 1.807) is 42.0 Å². The van der Waals surface area contributed by atoms with Crippen LogP contribution in [0.3, 0.4) is 0 Å². The van der Waals surface area contributed by atoms with Crippen LogP contribution in [-0.4, -0.2) is 77.7 Å². The summed E-state index contributed by atoms with van der Waals surface area (Å²) in [6.45, 7) is 8.08. The summed E-state index contributed by atoms with van der Waals surface area (Å²) in [5.41, 5.74) is 0.868. The minimum absolute atomic E-state index is 0.0131. The number of urea groups is 1. The highest BCUT2D eigenvalue weighted by molar-refractivity contribution is 6.00. The first-order valence-corrected chi connectivity index (χ1v) is 11.7. The molecule has 1 saturated carbocycles. The predicted molar refractivity (Wildman–Crippen MR) is 125 cm³/mol. The van der Waals surface area contributed by atoms with Crippen molar-refractivity contribution in [3.8, 4) is 5.75 Å². The van der Waals surface area contributed by atoms with Crippen LogP contribution in [0, 0.1) is 11.8 Å². The normalized spacial score (nSPS) is 21.4. The Hall–Kier alpha value is -2.81. The van der Waals surface area contributed by atoms with Crippen molar-refractivity contribution in [1.29, 1.82) is 0 Å². The second kappa shape index (κ2) is 10.4. The van der Waals surface area contributed by atoms with E-state index in [-0.39, 0.29) is 48.4 Å². The van der Waals surface area contributed by atoms with Gasteiger partial charge >= 0.3 is 6.03 Å². The quantitative estimate of drug-likeness (QED) is 0.578. The van der Waals surface area contributed by atoms with E-state index in [0.717, 1.165) is 12.8 Å². The molecule has 0 spiro atoms. The van der Waals surface area contributed by atoms with Gasteiger partial charge in [-0.05, 0) is 51.8 Å². The maximum absolute atomic E-state index is 13.4. The van der Waals surface area contributed by atoms with Gasteiger partial charge in [-0.1, -0.05) is 6.92 Å². The van der Waals surface area contributed by atoms with Crippen molar-refractivity contribution in [2.75, 3.05) is 32.1 Å². The van der Waals surface area contributed by atoms with Gasteiger partial charge in [-0.15, -0.1) is 0 Å². The fourth-order valence-electron chi connectivity index (χ4n) is 3.82. The van der Waals surface area contributed by atoms with Crippen LogP contribution in [0.1, 0.15) is 50.9 Å². The molecule has 1 aliphatic carbocycles. The van der Waals surface area contributed by atoms with Gasteiger partial charge < -0.3 is 30.3 Å². The van der Waals surface area contributed by atoms with Crippen molar-refractivity contribution < 1.29 is 24.2 Å². The van der Waals surface area contributed by atoms with Crippen LogP contribution in [0.15, 0.2) is 18.2 Å². The summed E-state index contributed by atoms with van der Waals surface area (Å²) in [6.07, 6.45) is 1.40. The Morgan fingerprint density at radius 3 is 2.58 bits per heavy atom. The van der Waals surface area contributed by atoms with Gasteiger partial charge in [0, 0.05) is 37.2 Å². The first-order chi connectivity index (χ1) is 15.6. The molecule has 1 aliphatic heterocycles. The maximum Gasteiger partial charge on any atom is 0.317 e. The number of hydrogen-bond acceptors (Lipinski definition) is 5. The minimum atomic E-state index is -0.391. The van der Waals surface area contributed by atoms with Gasteiger partial charge in [0.2, 0.25) is 5.91 Å². The SMILES string of the molecule is CC(C)NC(=O)N(C)C[C@H]1Oc2ccc(NC(=O)C3CC3)cc2C(=O)N([C@@H](C)CO)C[C@@H]1C. The molecule has 1 heterocycles. The fraction of sp³-hybridized carbons (Fsp3) is 0.625. The largest absolute Gasteiger partial charge is 0.487 e. The number of benzene rings is 1. The van der Waals surface area contributed by atoms with Gasteiger partial charge in [0.1, 0.15) is 11.9 Å². The molecule has 3 N–H and O–H groups in total. The van der Waals surface area contributed by atoms with Crippen molar-refractivity contribution in [2.45, 2.75) is 58.7 Å². The number of aliphatic hydroxyl groups is 1. The zero-order valence-electron chi connectivity index (χ0n) is 20.1. The monoisotopic (exact) mass is 460 g/mol. The summed E-state index contributed by atoms with van der Waals surface area (Å²) in [5, 5.41) is 15.5. The molecule has 0 saturated heterocycles. The average Bonchev–Trinajstić information content (AvgIpc) is 3.61. The highest BCUT2D eigenvalue weighted by atomic mass is 16.5. The van der Waals surface area contributed by atoms with E-state index >= 15 is 0 Å². The number of carbonyl (C=O) groups is 3. The molecule has 0 unspecified atom stereocenters. The molecule has 9 nitrogen and oxygen atoms in total. The Morgan fingerprint density at radius 2 is 1.97 bits per heavy atom. The Labute approximate surface area is 195 Å². The number of nitrogens with one attached hydrogen (secondary N) is 2. The number of nitrogens with zero attached hydrogens (tertiary/aromatic N) is 2. The van der Waals surface area contributed by atoms with Gasteiger partial charge in [-0.2, -0.15) is 0 Å². The summed E-state index contributed by atoms with van der Waals surface area (Å²) in [5.74, 6) is 0.0420. The van der Waals surface area contributed by atoms with E-state index in [1.807, 2.05) is 20.8 Å². The number of anilines is 1. The molecule has 0 bridgehead atoms. The number of ether oxygens (including phenoxy) is 1. The number of amides is 4. The third-order valence-electron chi connectivity index (χ3n) is 6.09. The van der Waals surface area contributed by atoms with E-state index in [2.05, 4.69) is 10.6 Å². The molecule has 0 radical (unpaired) electrons. The van der Waals surface area contributed by atoms with E-state index in [1.165, 1.54) is 0 Å². The first-order valence-electron chi connectivity index (χ1n) is 11.7.